The first-order chi connectivity index (χ1) is 10.0. The Morgan fingerprint density at radius 3 is 2.38 bits per heavy atom. The van der Waals surface area contributed by atoms with Crippen LogP contribution in [0.5, 0.6) is 0 Å². The molecule has 0 bridgehead atoms. The molecule has 0 aliphatic heterocycles. The van der Waals surface area contributed by atoms with E-state index in [0.29, 0.717) is 17.9 Å². The fourth-order valence-corrected chi connectivity index (χ4v) is 3.33. The molecule has 0 radical (unpaired) electrons. The average molecular weight is 302 g/mol. The molecule has 0 saturated heterocycles. The van der Waals surface area contributed by atoms with E-state index in [1.807, 2.05) is 11.6 Å². The Balaban J connectivity index is 2.11. The largest absolute Gasteiger partial charge is 0.382 e. The van der Waals surface area contributed by atoms with Gasteiger partial charge in [0.1, 0.15) is 5.01 Å². The summed E-state index contributed by atoms with van der Waals surface area (Å²) in [6.07, 6.45) is 4.28. The first-order valence-electron chi connectivity index (χ1n) is 7.81. The predicted octanol–water partition coefficient (Wildman–Crippen LogP) is 5.68. The van der Waals surface area contributed by atoms with Crippen LogP contribution in [0.4, 0.5) is 5.69 Å². The van der Waals surface area contributed by atoms with Gasteiger partial charge in [-0.15, -0.1) is 11.3 Å². The van der Waals surface area contributed by atoms with Gasteiger partial charge in [0.2, 0.25) is 0 Å². The van der Waals surface area contributed by atoms with Gasteiger partial charge in [-0.2, -0.15) is 0 Å². The van der Waals surface area contributed by atoms with Crippen LogP contribution >= 0.6 is 11.3 Å². The van der Waals surface area contributed by atoms with E-state index in [-0.39, 0.29) is 0 Å². The molecule has 2 nitrogen and oxygen atoms in total. The number of hydrogen-bond acceptors (Lipinski definition) is 3. The number of aromatic nitrogens is 1. The van der Waals surface area contributed by atoms with Gasteiger partial charge < -0.3 is 5.32 Å². The van der Waals surface area contributed by atoms with Gasteiger partial charge in [0.15, 0.2) is 0 Å². The molecule has 0 saturated carbocycles. The number of hydrogen-bond donors (Lipinski definition) is 1. The zero-order valence-electron chi connectivity index (χ0n) is 13.5. The number of anilines is 1. The monoisotopic (exact) mass is 302 g/mol. The highest BCUT2D eigenvalue weighted by Crippen LogP contribution is 2.26. The van der Waals surface area contributed by atoms with Crippen molar-refractivity contribution in [2.24, 2.45) is 11.8 Å². The first-order valence-corrected chi connectivity index (χ1v) is 8.69. The SMILES string of the molecule is CC(C)CC(CC(C)C)Nc1cccc(-c2nccs2)c1. The molecular weight excluding hydrogens is 276 g/mol. The summed E-state index contributed by atoms with van der Waals surface area (Å²) in [6, 6.07) is 9.15. The maximum absolute atomic E-state index is 4.39. The highest BCUT2D eigenvalue weighted by Gasteiger charge is 2.13. The molecule has 2 rings (SSSR count). The van der Waals surface area contributed by atoms with Crippen LogP contribution in [0, 0.1) is 11.8 Å². The second-order valence-electron chi connectivity index (χ2n) is 6.52. The molecule has 1 heterocycles. The minimum absolute atomic E-state index is 0.538. The Morgan fingerprint density at radius 2 is 1.81 bits per heavy atom. The van der Waals surface area contributed by atoms with Crippen molar-refractivity contribution >= 4 is 17.0 Å². The van der Waals surface area contributed by atoms with Crippen molar-refractivity contribution in [3.05, 3.63) is 35.8 Å². The summed E-state index contributed by atoms with van der Waals surface area (Å²) in [4.78, 5) is 4.39. The molecule has 3 heteroatoms. The number of rotatable bonds is 7. The molecule has 0 aliphatic carbocycles. The number of benzene rings is 1. The zero-order valence-corrected chi connectivity index (χ0v) is 14.3. The molecule has 0 spiro atoms. The number of nitrogens with zero attached hydrogens (tertiary/aromatic N) is 1. The molecule has 0 fully saturated rings. The molecular formula is C18H26N2S. The summed E-state index contributed by atoms with van der Waals surface area (Å²) in [5.41, 5.74) is 2.40. The minimum atomic E-state index is 0.538. The lowest BCUT2D eigenvalue weighted by Crippen LogP contribution is -2.23. The quantitative estimate of drug-likeness (QED) is 0.711. The lowest BCUT2D eigenvalue weighted by atomic mass is 9.95. The van der Waals surface area contributed by atoms with Crippen LogP contribution < -0.4 is 5.32 Å². The molecule has 0 amide bonds. The predicted molar refractivity (Wildman–Crippen MR) is 93.9 cm³/mol. The van der Waals surface area contributed by atoms with Crippen LogP contribution in [0.15, 0.2) is 35.8 Å². The van der Waals surface area contributed by atoms with Crippen molar-refractivity contribution in [3.63, 3.8) is 0 Å². The van der Waals surface area contributed by atoms with Crippen LogP contribution in [-0.2, 0) is 0 Å². The van der Waals surface area contributed by atoms with Crippen LogP contribution in [0.2, 0.25) is 0 Å². The molecule has 2 aromatic rings. The fourth-order valence-electron chi connectivity index (χ4n) is 2.70. The van der Waals surface area contributed by atoms with Gasteiger partial charge >= 0.3 is 0 Å². The Labute approximate surface area is 132 Å². The van der Waals surface area contributed by atoms with E-state index in [1.165, 1.54) is 24.1 Å². The molecule has 114 valence electrons. The Kier molecular flexibility index (Phi) is 5.80. The van der Waals surface area contributed by atoms with Gasteiger partial charge in [-0.05, 0) is 36.8 Å². The van der Waals surface area contributed by atoms with Gasteiger partial charge in [0.05, 0.1) is 0 Å². The maximum atomic E-state index is 4.39. The summed E-state index contributed by atoms with van der Waals surface area (Å²) in [5.74, 6) is 1.42. The summed E-state index contributed by atoms with van der Waals surface area (Å²) < 4.78 is 0. The van der Waals surface area contributed by atoms with Crippen molar-refractivity contribution in [3.8, 4) is 10.6 Å². The first kappa shape index (κ1) is 16.0. The average Bonchev–Trinajstić information content (AvgIpc) is 2.91. The van der Waals surface area contributed by atoms with E-state index < -0.39 is 0 Å². The second-order valence-corrected chi connectivity index (χ2v) is 7.41. The summed E-state index contributed by atoms with van der Waals surface area (Å²) in [7, 11) is 0. The topological polar surface area (TPSA) is 24.9 Å². The summed E-state index contributed by atoms with van der Waals surface area (Å²) in [5, 5.41) is 6.83. The normalized spacial score (nSPS) is 11.6. The Morgan fingerprint density at radius 1 is 1.10 bits per heavy atom. The molecule has 0 atom stereocenters. The van der Waals surface area contributed by atoms with Gasteiger partial charge in [0, 0.05) is 28.9 Å². The van der Waals surface area contributed by atoms with Crippen molar-refractivity contribution in [1.82, 2.24) is 4.98 Å². The van der Waals surface area contributed by atoms with E-state index in [1.54, 1.807) is 11.3 Å². The summed E-state index contributed by atoms with van der Waals surface area (Å²) in [6.45, 7) is 9.17. The van der Waals surface area contributed by atoms with Crippen molar-refractivity contribution in [2.75, 3.05) is 5.32 Å². The lowest BCUT2D eigenvalue weighted by molar-refractivity contribution is 0.442. The van der Waals surface area contributed by atoms with Crippen molar-refractivity contribution in [1.29, 1.82) is 0 Å². The van der Waals surface area contributed by atoms with Gasteiger partial charge in [-0.3, -0.25) is 0 Å². The third-order valence-corrected chi connectivity index (χ3v) is 4.25. The molecule has 0 aliphatic rings. The van der Waals surface area contributed by atoms with Crippen molar-refractivity contribution in [2.45, 2.75) is 46.6 Å². The maximum Gasteiger partial charge on any atom is 0.123 e. The lowest BCUT2D eigenvalue weighted by Gasteiger charge is -2.23. The number of thiazole rings is 1. The second kappa shape index (κ2) is 7.60. The van der Waals surface area contributed by atoms with Crippen LogP contribution in [-0.4, -0.2) is 11.0 Å². The minimum Gasteiger partial charge on any atom is -0.382 e. The van der Waals surface area contributed by atoms with Gasteiger partial charge in [0.25, 0.3) is 0 Å². The molecule has 0 unspecified atom stereocenters. The standard InChI is InChI=1S/C18H26N2S/c1-13(2)10-17(11-14(3)4)20-16-7-5-6-15(12-16)18-19-8-9-21-18/h5-9,12-14,17,20H,10-11H2,1-4H3. The summed E-state index contributed by atoms with van der Waals surface area (Å²) >= 11 is 1.69. The van der Waals surface area contributed by atoms with Crippen LogP contribution in [0.25, 0.3) is 10.6 Å². The third kappa shape index (κ3) is 5.16. The molecule has 1 aromatic heterocycles. The van der Waals surface area contributed by atoms with E-state index in [0.717, 1.165) is 5.01 Å². The van der Waals surface area contributed by atoms with E-state index in [4.69, 9.17) is 0 Å². The molecule has 1 N–H and O–H groups in total. The highest BCUT2D eigenvalue weighted by molar-refractivity contribution is 7.13. The Bertz CT molecular complexity index is 522. The zero-order chi connectivity index (χ0) is 15.2. The third-order valence-electron chi connectivity index (χ3n) is 3.42. The number of nitrogens with one attached hydrogen (secondary N) is 1. The van der Waals surface area contributed by atoms with E-state index in [9.17, 15) is 0 Å². The fraction of sp³-hybridized carbons (Fsp3) is 0.500. The van der Waals surface area contributed by atoms with E-state index in [2.05, 4.69) is 62.3 Å². The smallest absolute Gasteiger partial charge is 0.123 e. The van der Waals surface area contributed by atoms with Crippen LogP contribution in [0.3, 0.4) is 0 Å². The van der Waals surface area contributed by atoms with Gasteiger partial charge in [-0.1, -0.05) is 39.8 Å². The Hall–Kier alpha value is -1.35. The highest BCUT2D eigenvalue weighted by atomic mass is 32.1. The van der Waals surface area contributed by atoms with E-state index >= 15 is 0 Å². The van der Waals surface area contributed by atoms with Gasteiger partial charge in [-0.25, -0.2) is 4.98 Å². The van der Waals surface area contributed by atoms with Crippen LogP contribution in [0.1, 0.15) is 40.5 Å². The van der Waals surface area contributed by atoms with Crippen molar-refractivity contribution < 1.29 is 0 Å². The molecule has 1 aromatic carbocycles. The molecule has 21 heavy (non-hydrogen) atoms.